The molecule has 0 radical (unpaired) electrons. The molecule has 0 aliphatic heterocycles. The predicted octanol–water partition coefficient (Wildman–Crippen LogP) is 2.31. The molecule has 1 amide bonds. The van der Waals surface area contributed by atoms with Crippen molar-refractivity contribution >= 4 is 27.7 Å². The van der Waals surface area contributed by atoms with E-state index >= 15 is 0 Å². The lowest BCUT2D eigenvalue weighted by atomic mass is 10.4. The summed E-state index contributed by atoms with van der Waals surface area (Å²) in [6, 6.07) is 0. The van der Waals surface area contributed by atoms with Crippen LogP contribution in [0.1, 0.15) is 6.92 Å². The predicted molar refractivity (Wildman–Crippen MR) is 62.3 cm³/mol. The zero-order valence-electron chi connectivity index (χ0n) is 8.14. The summed E-state index contributed by atoms with van der Waals surface area (Å²) < 4.78 is 0.630. The zero-order valence-corrected chi connectivity index (χ0v) is 9.73. The van der Waals surface area contributed by atoms with Crippen LogP contribution < -0.4 is 5.32 Å². The fourth-order valence-electron chi connectivity index (χ4n) is 0.799. The van der Waals surface area contributed by atoms with E-state index in [9.17, 15) is 4.79 Å². The Morgan fingerprint density at radius 3 is 2.80 bits per heavy atom. The molecular formula is C10H10BrN3O. The second-order valence-corrected chi connectivity index (χ2v) is 3.41. The van der Waals surface area contributed by atoms with E-state index < -0.39 is 0 Å². The number of carbonyl (C=O) groups excluding carboxylic acids is 1. The molecule has 1 rings (SSSR count). The third kappa shape index (κ3) is 4.51. The van der Waals surface area contributed by atoms with Crippen molar-refractivity contribution in [2.75, 3.05) is 5.32 Å². The van der Waals surface area contributed by atoms with Crippen LogP contribution in [-0.2, 0) is 4.79 Å². The van der Waals surface area contributed by atoms with Gasteiger partial charge in [-0.05, 0) is 22.9 Å². The Morgan fingerprint density at radius 1 is 1.40 bits per heavy atom. The molecule has 0 aliphatic carbocycles. The number of carbonyl (C=O) groups is 1. The number of nitrogens with zero attached hydrogens (tertiary/aromatic N) is 2. The third-order valence-corrected chi connectivity index (χ3v) is 1.83. The Hall–Kier alpha value is -1.49. The molecule has 0 aliphatic rings. The van der Waals surface area contributed by atoms with Gasteiger partial charge in [0.05, 0.1) is 12.4 Å². The molecule has 1 aromatic heterocycles. The Balaban J connectivity index is 2.55. The van der Waals surface area contributed by atoms with Crippen LogP contribution in [0.15, 0.2) is 41.3 Å². The van der Waals surface area contributed by atoms with Crippen LogP contribution in [0.25, 0.3) is 0 Å². The van der Waals surface area contributed by atoms with Crippen LogP contribution in [-0.4, -0.2) is 15.9 Å². The van der Waals surface area contributed by atoms with Gasteiger partial charge >= 0.3 is 0 Å². The van der Waals surface area contributed by atoms with Crippen LogP contribution in [0.4, 0.5) is 5.82 Å². The van der Waals surface area contributed by atoms with E-state index in [1.807, 2.05) is 13.0 Å². The Morgan fingerprint density at radius 2 is 2.20 bits per heavy atom. The first-order valence-electron chi connectivity index (χ1n) is 4.30. The van der Waals surface area contributed by atoms with E-state index in [0.717, 1.165) is 0 Å². The van der Waals surface area contributed by atoms with Crippen molar-refractivity contribution in [2.24, 2.45) is 0 Å². The maximum Gasteiger partial charge on any atom is 0.249 e. The van der Waals surface area contributed by atoms with Crippen LogP contribution in [0.3, 0.4) is 0 Å². The summed E-state index contributed by atoms with van der Waals surface area (Å²) in [6.45, 7) is 1.88. The van der Waals surface area contributed by atoms with E-state index in [1.165, 1.54) is 18.5 Å². The van der Waals surface area contributed by atoms with Gasteiger partial charge in [-0.15, -0.1) is 0 Å². The minimum Gasteiger partial charge on any atom is -0.306 e. The highest BCUT2D eigenvalue weighted by Crippen LogP contribution is 2.05. The first kappa shape index (κ1) is 11.6. The van der Waals surface area contributed by atoms with Crippen LogP contribution in [0.5, 0.6) is 0 Å². The smallest absolute Gasteiger partial charge is 0.249 e. The average Bonchev–Trinajstić information content (AvgIpc) is 2.22. The van der Waals surface area contributed by atoms with E-state index in [2.05, 4.69) is 31.2 Å². The van der Waals surface area contributed by atoms with E-state index in [4.69, 9.17) is 0 Å². The fraction of sp³-hybridized carbons (Fsp3) is 0.100. The molecule has 0 fully saturated rings. The highest BCUT2D eigenvalue weighted by molar-refractivity contribution is 9.10. The molecule has 0 saturated carbocycles. The quantitative estimate of drug-likeness (QED) is 0.676. The van der Waals surface area contributed by atoms with E-state index in [-0.39, 0.29) is 5.91 Å². The van der Waals surface area contributed by atoms with Gasteiger partial charge in [0.2, 0.25) is 5.91 Å². The third-order valence-electron chi connectivity index (χ3n) is 1.42. The lowest BCUT2D eigenvalue weighted by Crippen LogP contribution is -2.09. The fourth-order valence-corrected chi connectivity index (χ4v) is 1.00. The number of aromatic nitrogens is 2. The van der Waals surface area contributed by atoms with Crippen molar-refractivity contribution in [1.82, 2.24) is 9.97 Å². The molecule has 0 bridgehead atoms. The molecule has 78 valence electrons. The summed E-state index contributed by atoms with van der Waals surface area (Å²) in [7, 11) is 0. The maximum atomic E-state index is 11.3. The van der Waals surface area contributed by atoms with Gasteiger partial charge in [0, 0.05) is 6.08 Å². The molecule has 0 spiro atoms. The van der Waals surface area contributed by atoms with Gasteiger partial charge in [0.1, 0.15) is 4.60 Å². The molecule has 1 aromatic rings. The van der Waals surface area contributed by atoms with Gasteiger partial charge in [-0.1, -0.05) is 18.2 Å². The number of amides is 1. The lowest BCUT2D eigenvalue weighted by molar-refractivity contribution is -0.111. The van der Waals surface area contributed by atoms with Crippen LogP contribution >= 0.6 is 15.9 Å². The molecule has 1 N–H and O–H groups in total. The highest BCUT2D eigenvalue weighted by atomic mass is 79.9. The SMILES string of the molecule is CC=CC=CC(=O)Nc1cnc(Br)cn1. The standard InChI is InChI=1S/C10H10BrN3O/c1-2-3-4-5-10(15)14-9-7-12-8(11)6-13-9/h2-7H,1H3,(H,13,14,15). The van der Waals surface area contributed by atoms with E-state index in [1.54, 1.807) is 12.2 Å². The summed E-state index contributed by atoms with van der Waals surface area (Å²) in [5.41, 5.74) is 0. The number of nitrogens with one attached hydrogen (secondary N) is 1. The Bertz CT molecular complexity index is 384. The van der Waals surface area contributed by atoms with Crippen molar-refractivity contribution in [3.8, 4) is 0 Å². The molecule has 0 aromatic carbocycles. The number of hydrogen-bond acceptors (Lipinski definition) is 3. The summed E-state index contributed by atoms with van der Waals surface area (Å²) in [5.74, 6) is 0.193. The van der Waals surface area contributed by atoms with Crippen molar-refractivity contribution in [2.45, 2.75) is 6.92 Å². The minimum absolute atomic E-state index is 0.232. The normalized spacial score (nSPS) is 11.1. The summed E-state index contributed by atoms with van der Waals surface area (Å²) in [5, 5.41) is 2.57. The number of halogens is 1. The molecule has 1 heterocycles. The Kier molecular flexibility index (Phi) is 4.70. The van der Waals surface area contributed by atoms with Crippen molar-refractivity contribution < 1.29 is 4.79 Å². The van der Waals surface area contributed by atoms with Gasteiger partial charge in [-0.2, -0.15) is 0 Å². The van der Waals surface area contributed by atoms with Crippen molar-refractivity contribution in [1.29, 1.82) is 0 Å². The van der Waals surface area contributed by atoms with Gasteiger partial charge in [0.15, 0.2) is 5.82 Å². The average molecular weight is 268 g/mol. The van der Waals surface area contributed by atoms with Gasteiger partial charge in [-0.25, -0.2) is 9.97 Å². The largest absolute Gasteiger partial charge is 0.306 e. The maximum absolute atomic E-state index is 11.3. The lowest BCUT2D eigenvalue weighted by Gasteiger charge is -1.99. The van der Waals surface area contributed by atoms with Crippen molar-refractivity contribution in [3.63, 3.8) is 0 Å². The first-order chi connectivity index (χ1) is 7.22. The molecule has 15 heavy (non-hydrogen) atoms. The monoisotopic (exact) mass is 267 g/mol. The number of allylic oxidation sites excluding steroid dienone is 3. The molecule has 0 atom stereocenters. The van der Waals surface area contributed by atoms with Crippen LogP contribution in [0.2, 0.25) is 0 Å². The summed E-state index contributed by atoms with van der Waals surface area (Å²) >= 11 is 3.15. The first-order valence-corrected chi connectivity index (χ1v) is 5.09. The molecule has 0 saturated heterocycles. The number of hydrogen-bond donors (Lipinski definition) is 1. The minimum atomic E-state index is -0.232. The Labute approximate surface area is 96.3 Å². The molecular weight excluding hydrogens is 258 g/mol. The van der Waals surface area contributed by atoms with Gasteiger partial charge in [0.25, 0.3) is 0 Å². The molecule has 4 nitrogen and oxygen atoms in total. The highest BCUT2D eigenvalue weighted by Gasteiger charge is 1.98. The van der Waals surface area contributed by atoms with E-state index in [0.29, 0.717) is 10.4 Å². The second kappa shape index (κ2) is 6.08. The number of rotatable bonds is 3. The summed E-state index contributed by atoms with van der Waals surface area (Å²) in [4.78, 5) is 19.1. The molecule has 0 unspecified atom stereocenters. The zero-order chi connectivity index (χ0) is 11.1. The van der Waals surface area contributed by atoms with Crippen LogP contribution in [0, 0.1) is 0 Å². The van der Waals surface area contributed by atoms with Gasteiger partial charge < -0.3 is 5.32 Å². The topological polar surface area (TPSA) is 54.9 Å². The number of anilines is 1. The van der Waals surface area contributed by atoms with Gasteiger partial charge in [-0.3, -0.25) is 4.79 Å². The second-order valence-electron chi connectivity index (χ2n) is 2.60. The summed E-state index contributed by atoms with van der Waals surface area (Å²) in [6.07, 6.45) is 9.68. The van der Waals surface area contributed by atoms with Crippen molar-refractivity contribution in [3.05, 3.63) is 41.3 Å². The molecule has 5 heteroatoms.